The van der Waals surface area contributed by atoms with Crippen LogP contribution in [-0.4, -0.2) is 41.3 Å². The highest BCUT2D eigenvalue weighted by Crippen LogP contribution is 2.40. The van der Waals surface area contributed by atoms with E-state index in [4.69, 9.17) is 11.6 Å². The van der Waals surface area contributed by atoms with E-state index in [-0.39, 0.29) is 24.2 Å². The molecule has 2 aliphatic rings. The topological polar surface area (TPSA) is 109 Å². The fourth-order valence-electron chi connectivity index (χ4n) is 2.82. The zero-order chi connectivity index (χ0) is 17.5. The first-order valence-electron chi connectivity index (χ1n) is 6.85. The molecular weight excluding hydrogens is 340 g/mol. The highest BCUT2D eigenvalue weighted by Gasteiger charge is 2.61. The number of hydrogen-bond donors (Lipinski definition) is 0. The summed E-state index contributed by atoms with van der Waals surface area (Å²) in [7, 11) is 1.15. The Morgan fingerprint density at radius 2 is 2.12 bits per heavy atom. The molecule has 2 amide bonds. The maximum atomic E-state index is 12.9. The largest absolute Gasteiger partial charge is 0.464 e. The zero-order valence-corrected chi connectivity index (χ0v) is 13.2. The Kier molecular flexibility index (Phi) is 3.80. The summed E-state index contributed by atoms with van der Waals surface area (Å²) in [4.78, 5) is 48.9. The summed E-state index contributed by atoms with van der Waals surface area (Å²) in [6, 6.07) is 6.17. The Morgan fingerprint density at radius 1 is 1.38 bits per heavy atom. The molecule has 0 saturated carbocycles. The first-order chi connectivity index (χ1) is 11.4. The van der Waals surface area contributed by atoms with Crippen molar-refractivity contribution in [3.8, 4) is 0 Å². The highest BCUT2D eigenvalue weighted by atomic mass is 35.5. The van der Waals surface area contributed by atoms with Gasteiger partial charge in [0.05, 0.1) is 24.5 Å². The fraction of sp³-hybridized carbons (Fsp3) is 0.286. The van der Waals surface area contributed by atoms with Gasteiger partial charge < -0.3 is 4.74 Å². The second-order valence-corrected chi connectivity index (χ2v) is 5.75. The molecule has 0 bridgehead atoms. The van der Waals surface area contributed by atoms with Crippen LogP contribution in [0.5, 0.6) is 0 Å². The van der Waals surface area contributed by atoms with E-state index < -0.39 is 23.3 Å². The first kappa shape index (κ1) is 16.1. The molecule has 1 aromatic rings. The van der Waals surface area contributed by atoms with Gasteiger partial charge in [-0.1, -0.05) is 17.7 Å². The Labute approximate surface area is 140 Å². The van der Waals surface area contributed by atoms with Gasteiger partial charge in [-0.2, -0.15) is 0 Å². The molecule has 0 radical (unpaired) electrons. The van der Waals surface area contributed by atoms with Crippen LogP contribution < -0.4 is 4.90 Å². The lowest BCUT2D eigenvalue weighted by Crippen LogP contribution is -2.48. The van der Waals surface area contributed by atoms with Crippen molar-refractivity contribution in [3.63, 3.8) is 0 Å². The molecule has 3 rings (SSSR count). The number of ether oxygens (including phenoxy) is 1. The lowest BCUT2D eigenvalue weighted by Gasteiger charge is -2.24. The van der Waals surface area contributed by atoms with Crippen LogP contribution in [0.2, 0.25) is 5.02 Å². The third-order valence-corrected chi connectivity index (χ3v) is 4.15. The number of rotatable bonds is 3. The van der Waals surface area contributed by atoms with E-state index >= 15 is 0 Å². The molecule has 124 valence electrons. The third kappa shape index (κ3) is 2.24. The molecule has 9 nitrogen and oxygen atoms in total. The molecule has 1 aromatic carbocycles. The summed E-state index contributed by atoms with van der Waals surface area (Å²) >= 11 is 5.90. The number of benzene rings is 1. The number of carbonyl (C=O) groups is 3. The molecule has 0 aliphatic carbocycles. The van der Waals surface area contributed by atoms with Crippen LogP contribution in [0.15, 0.2) is 34.7 Å². The minimum absolute atomic E-state index is 0.147. The average molecular weight is 351 g/mol. The average Bonchev–Trinajstić information content (AvgIpc) is 3.05. The lowest BCUT2D eigenvalue weighted by molar-refractivity contribution is -0.132. The number of halogens is 1. The predicted octanol–water partition coefficient (Wildman–Crippen LogP) is 1.26. The molecule has 1 atom stereocenters. The van der Waals surface area contributed by atoms with Crippen LogP contribution in [0, 0.1) is 4.91 Å². The maximum absolute atomic E-state index is 12.9. The van der Waals surface area contributed by atoms with Crippen molar-refractivity contribution in [2.45, 2.75) is 18.4 Å². The smallest absolute Gasteiger partial charge is 0.354 e. The van der Waals surface area contributed by atoms with E-state index in [1.807, 2.05) is 0 Å². The number of imide groups is 1. The van der Waals surface area contributed by atoms with Gasteiger partial charge >= 0.3 is 5.97 Å². The minimum atomic E-state index is -1.65. The number of amides is 2. The number of esters is 1. The molecule has 1 spiro atoms. The number of nitroso groups, excluding NO2 is 1. The number of anilines is 1. The van der Waals surface area contributed by atoms with Gasteiger partial charge in [0.15, 0.2) is 11.3 Å². The van der Waals surface area contributed by atoms with Crippen molar-refractivity contribution >= 4 is 40.8 Å². The van der Waals surface area contributed by atoms with E-state index in [1.165, 1.54) is 12.1 Å². The van der Waals surface area contributed by atoms with Crippen LogP contribution in [0.1, 0.15) is 12.8 Å². The summed E-state index contributed by atoms with van der Waals surface area (Å²) < 4.78 is 4.55. The van der Waals surface area contributed by atoms with E-state index in [9.17, 15) is 19.3 Å². The molecule has 1 fully saturated rings. The first-order valence-corrected chi connectivity index (χ1v) is 7.23. The molecule has 0 aromatic heterocycles. The molecular formula is C14H11ClN4O5. The molecule has 2 heterocycles. The van der Waals surface area contributed by atoms with Crippen molar-refractivity contribution in [2.24, 2.45) is 10.4 Å². The van der Waals surface area contributed by atoms with E-state index in [0.717, 1.165) is 12.0 Å². The molecule has 24 heavy (non-hydrogen) atoms. The van der Waals surface area contributed by atoms with E-state index in [1.54, 1.807) is 12.1 Å². The van der Waals surface area contributed by atoms with E-state index in [2.05, 4.69) is 15.1 Å². The van der Waals surface area contributed by atoms with Crippen molar-refractivity contribution in [1.29, 1.82) is 0 Å². The Bertz CT molecular complexity index is 795. The van der Waals surface area contributed by atoms with Crippen molar-refractivity contribution < 1.29 is 19.1 Å². The van der Waals surface area contributed by atoms with Crippen LogP contribution in [0.25, 0.3) is 0 Å². The van der Waals surface area contributed by atoms with Gasteiger partial charge in [0.2, 0.25) is 5.91 Å². The Balaban J connectivity index is 1.99. The molecule has 1 saturated heterocycles. The van der Waals surface area contributed by atoms with Crippen molar-refractivity contribution in [1.82, 2.24) is 5.12 Å². The minimum Gasteiger partial charge on any atom is -0.464 e. The number of hydrogen-bond acceptors (Lipinski definition) is 7. The zero-order valence-electron chi connectivity index (χ0n) is 12.4. The summed E-state index contributed by atoms with van der Waals surface area (Å²) in [6.45, 7) is 0. The summed E-state index contributed by atoms with van der Waals surface area (Å²) in [5.74, 6) is -2.03. The molecule has 0 N–H and O–H groups in total. The molecule has 10 heteroatoms. The van der Waals surface area contributed by atoms with Gasteiger partial charge in [-0.15, -0.1) is 15.1 Å². The number of carbonyl (C=O) groups excluding carboxylic acids is 3. The predicted molar refractivity (Wildman–Crippen MR) is 83.0 cm³/mol. The summed E-state index contributed by atoms with van der Waals surface area (Å²) in [5, 5.41) is 7.31. The second kappa shape index (κ2) is 5.68. The van der Waals surface area contributed by atoms with Crippen molar-refractivity contribution in [2.75, 3.05) is 12.0 Å². The SMILES string of the molecule is COC(=O)C1=NN(N=O)C2(CC(=O)N(c3cccc(Cl)c3)C2=O)C1. The molecule has 1 unspecified atom stereocenters. The Hall–Kier alpha value is -2.81. The highest BCUT2D eigenvalue weighted by molar-refractivity contribution is 6.39. The standard InChI is InChI=1S/C14H11ClN4O5/c1-24-12(21)10-6-14(19(16-10)17-23)7-11(20)18(13(14)22)9-4-2-3-8(15)5-9/h2-5H,6-7H2,1H3. The van der Waals surface area contributed by atoms with Gasteiger partial charge in [-0.05, 0) is 18.2 Å². The summed E-state index contributed by atoms with van der Waals surface area (Å²) in [6.07, 6.45) is -0.582. The van der Waals surface area contributed by atoms with Crippen LogP contribution in [0.4, 0.5) is 5.69 Å². The van der Waals surface area contributed by atoms with Gasteiger partial charge in [0, 0.05) is 11.4 Å². The Morgan fingerprint density at radius 3 is 2.75 bits per heavy atom. The van der Waals surface area contributed by atoms with Gasteiger partial charge in [-0.3, -0.25) is 9.59 Å². The third-order valence-electron chi connectivity index (χ3n) is 3.92. The normalized spacial score (nSPS) is 23.0. The fourth-order valence-corrected chi connectivity index (χ4v) is 3.00. The second-order valence-electron chi connectivity index (χ2n) is 5.31. The number of hydrazone groups is 1. The number of methoxy groups -OCH3 is 1. The maximum Gasteiger partial charge on any atom is 0.354 e. The van der Waals surface area contributed by atoms with Gasteiger partial charge in [0.1, 0.15) is 0 Å². The van der Waals surface area contributed by atoms with Gasteiger partial charge in [-0.25, -0.2) is 9.69 Å². The summed E-state index contributed by atoms with van der Waals surface area (Å²) in [5.41, 5.74) is -1.53. The van der Waals surface area contributed by atoms with Crippen LogP contribution >= 0.6 is 11.6 Å². The monoisotopic (exact) mass is 350 g/mol. The van der Waals surface area contributed by atoms with Gasteiger partial charge in [0.25, 0.3) is 5.91 Å². The lowest BCUT2D eigenvalue weighted by atomic mass is 9.92. The van der Waals surface area contributed by atoms with E-state index in [0.29, 0.717) is 10.1 Å². The van der Waals surface area contributed by atoms with Crippen molar-refractivity contribution in [3.05, 3.63) is 34.2 Å². The quantitative estimate of drug-likeness (QED) is 0.461. The molecule has 2 aliphatic heterocycles. The van der Waals surface area contributed by atoms with Crippen LogP contribution in [-0.2, 0) is 19.1 Å². The van der Waals surface area contributed by atoms with Crippen LogP contribution in [0.3, 0.4) is 0 Å². The number of nitrogens with zero attached hydrogens (tertiary/aromatic N) is 4.